The van der Waals surface area contributed by atoms with Crippen molar-refractivity contribution in [3.05, 3.63) is 64.7 Å². The van der Waals surface area contributed by atoms with Gasteiger partial charge in [0.15, 0.2) is 0 Å². The minimum Gasteiger partial charge on any atom is -0.480 e. The van der Waals surface area contributed by atoms with E-state index in [9.17, 15) is 19.1 Å². The summed E-state index contributed by atoms with van der Waals surface area (Å²) in [6, 6.07) is 9.34. The molecule has 1 aromatic heterocycles. The number of aromatic nitrogens is 2. The zero-order chi connectivity index (χ0) is 20.4. The van der Waals surface area contributed by atoms with E-state index in [1.807, 2.05) is 18.4 Å². The SMILES string of the molecule is CC(C)n1cnc2cc(C(=O)N(CC(=O)O)Cc3ccc(F)c(Cl)c3)ccc21. The van der Waals surface area contributed by atoms with E-state index < -0.39 is 24.2 Å². The molecular formula is C20H19ClFN3O3. The van der Waals surface area contributed by atoms with Crippen LogP contribution in [0.2, 0.25) is 5.02 Å². The third-order valence-electron chi connectivity index (χ3n) is 4.35. The van der Waals surface area contributed by atoms with Crippen LogP contribution in [0.4, 0.5) is 4.39 Å². The van der Waals surface area contributed by atoms with Crippen molar-refractivity contribution in [3.8, 4) is 0 Å². The third kappa shape index (κ3) is 4.14. The minimum atomic E-state index is -1.15. The van der Waals surface area contributed by atoms with Crippen LogP contribution in [-0.4, -0.2) is 38.0 Å². The van der Waals surface area contributed by atoms with Crippen molar-refractivity contribution in [2.75, 3.05) is 6.54 Å². The molecule has 1 N–H and O–H groups in total. The number of carboxylic acid groups (broad SMARTS) is 1. The average molecular weight is 404 g/mol. The largest absolute Gasteiger partial charge is 0.480 e. The summed E-state index contributed by atoms with van der Waals surface area (Å²) in [6.45, 7) is 3.56. The number of carbonyl (C=O) groups excluding carboxylic acids is 1. The second-order valence-electron chi connectivity index (χ2n) is 6.75. The summed E-state index contributed by atoms with van der Waals surface area (Å²) < 4.78 is 15.3. The number of halogens is 2. The van der Waals surface area contributed by atoms with Gasteiger partial charge in [0.05, 0.1) is 22.4 Å². The van der Waals surface area contributed by atoms with Gasteiger partial charge in [0.25, 0.3) is 5.91 Å². The van der Waals surface area contributed by atoms with Crippen LogP contribution in [0.1, 0.15) is 35.8 Å². The highest BCUT2D eigenvalue weighted by molar-refractivity contribution is 6.30. The first-order valence-corrected chi connectivity index (χ1v) is 9.05. The molecule has 0 saturated heterocycles. The summed E-state index contributed by atoms with van der Waals surface area (Å²) in [5.74, 6) is -2.18. The van der Waals surface area contributed by atoms with E-state index >= 15 is 0 Å². The van der Waals surface area contributed by atoms with E-state index in [-0.39, 0.29) is 17.6 Å². The number of fused-ring (bicyclic) bond motifs is 1. The molecular weight excluding hydrogens is 385 g/mol. The van der Waals surface area contributed by atoms with E-state index in [1.165, 1.54) is 23.1 Å². The Labute approximate surface area is 166 Å². The van der Waals surface area contributed by atoms with E-state index in [2.05, 4.69) is 4.98 Å². The lowest BCUT2D eigenvalue weighted by Gasteiger charge is -2.21. The molecule has 0 fully saturated rings. The van der Waals surface area contributed by atoms with Gasteiger partial charge in [-0.25, -0.2) is 9.37 Å². The van der Waals surface area contributed by atoms with Crippen LogP contribution in [0, 0.1) is 5.82 Å². The van der Waals surface area contributed by atoms with Gasteiger partial charge >= 0.3 is 5.97 Å². The number of nitrogens with zero attached hydrogens (tertiary/aromatic N) is 3. The van der Waals surface area contributed by atoms with Gasteiger partial charge in [-0.3, -0.25) is 9.59 Å². The van der Waals surface area contributed by atoms with E-state index in [0.29, 0.717) is 16.6 Å². The number of hydrogen-bond acceptors (Lipinski definition) is 3. The lowest BCUT2D eigenvalue weighted by Crippen LogP contribution is -2.35. The summed E-state index contributed by atoms with van der Waals surface area (Å²) >= 11 is 5.79. The highest BCUT2D eigenvalue weighted by Crippen LogP contribution is 2.21. The van der Waals surface area contributed by atoms with Crippen LogP contribution < -0.4 is 0 Å². The lowest BCUT2D eigenvalue weighted by molar-refractivity contribution is -0.137. The molecule has 3 aromatic rings. The summed E-state index contributed by atoms with van der Waals surface area (Å²) in [6.07, 6.45) is 1.71. The Balaban J connectivity index is 1.91. The maximum atomic E-state index is 13.4. The molecule has 0 aliphatic carbocycles. The van der Waals surface area contributed by atoms with Crippen molar-refractivity contribution < 1.29 is 19.1 Å². The zero-order valence-corrected chi connectivity index (χ0v) is 16.2. The molecule has 0 bridgehead atoms. The van der Waals surface area contributed by atoms with Gasteiger partial charge in [-0.1, -0.05) is 17.7 Å². The number of benzene rings is 2. The summed E-state index contributed by atoms with van der Waals surface area (Å²) in [5, 5.41) is 9.11. The lowest BCUT2D eigenvalue weighted by atomic mass is 10.1. The van der Waals surface area contributed by atoms with Crippen molar-refractivity contribution in [2.45, 2.75) is 26.4 Å². The molecule has 1 heterocycles. The van der Waals surface area contributed by atoms with Gasteiger partial charge in [0, 0.05) is 18.2 Å². The molecule has 1 amide bonds. The van der Waals surface area contributed by atoms with Crippen LogP contribution in [0.3, 0.4) is 0 Å². The topological polar surface area (TPSA) is 75.4 Å². The number of hydrogen-bond donors (Lipinski definition) is 1. The molecule has 0 aliphatic heterocycles. The number of rotatable bonds is 6. The molecule has 8 heteroatoms. The standard InChI is InChI=1S/C20H19ClFN3O3/c1-12(2)25-11-23-17-8-14(4-6-18(17)25)20(28)24(10-19(26)27)9-13-3-5-16(22)15(21)7-13/h3-8,11-12H,9-10H2,1-2H3,(H,26,27). The quantitative estimate of drug-likeness (QED) is 0.671. The van der Waals surface area contributed by atoms with Crippen LogP contribution in [0.5, 0.6) is 0 Å². The fourth-order valence-electron chi connectivity index (χ4n) is 2.98. The van der Waals surface area contributed by atoms with Gasteiger partial charge < -0.3 is 14.6 Å². The second kappa shape index (κ2) is 7.98. The maximum absolute atomic E-state index is 13.4. The molecule has 0 aliphatic rings. The van der Waals surface area contributed by atoms with Crippen LogP contribution in [0.15, 0.2) is 42.7 Å². The number of carbonyl (C=O) groups is 2. The highest BCUT2D eigenvalue weighted by Gasteiger charge is 2.20. The first-order valence-electron chi connectivity index (χ1n) is 8.68. The fourth-order valence-corrected chi connectivity index (χ4v) is 3.18. The normalized spacial score (nSPS) is 11.2. The fraction of sp³-hybridized carbons (Fsp3) is 0.250. The number of amides is 1. The Kier molecular flexibility index (Phi) is 5.65. The van der Waals surface area contributed by atoms with E-state index in [4.69, 9.17) is 11.6 Å². The van der Waals surface area contributed by atoms with Crippen molar-refractivity contribution in [2.24, 2.45) is 0 Å². The van der Waals surface area contributed by atoms with Gasteiger partial charge in [-0.15, -0.1) is 0 Å². The minimum absolute atomic E-state index is 0.0103. The highest BCUT2D eigenvalue weighted by atomic mass is 35.5. The summed E-state index contributed by atoms with van der Waals surface area (Å²) in [5.41, 5.74) is 2.41. The van der Waals surface area contributed by atoms with Gasteiger partial charge in [0.1, 0.15) is 12.4 Å². The maximum Gasteiger partial charge on any atom is 0.323 e. The van der Waals surface area contributed by atoms with Crippen LogP contribution >= 0.6 is 11.6 Å². The van der Waals surface area contributed by atoms with Crippen LogP contribution in [-0.2, 0) is 11.3 Å². The molecule has 146 valence electrons. The number of carboxylic acids is 1. The smallest absolute Gasteiger partial charge is 0.323 e. The summed E-state index contributed by atoms with van der Waals surface area (Å²) in [7, 11) is 0. The number of imidazole rings is 1. The predicted molar refractivity (Wildman–Crippen MR) is 104 cm³/mol. The van der Waals surface area contributed by atoms with Crippen LogP contribution in [0.25, 0.3) is 11.0 Å². The Bertz CT molecular complexity index is 1050. The van der Waals surface area contributed by atoms with E-state index in [0.717, 1.165) is 5.52 Å². The van der Waals surface area contributed by atoms with E-state index in [1.54, 1.807) is 24.5 Å². The molecule has 2 aromatic carbocycles. The second-order valence-corrected chi connectivity index (χ2v) is 7.16. The van der Waals surface area contributed by atoms with Crippen molar-refractivity contribution in [1.82, 2.24) is 14.5 Å². The van der Waals surface area contributed by atoms with Gasteiger partial charge in [-0.05, 0) is 49.7 Å². The molecule has 0 radical (unpaired) electrons. The first kappa shape index (κ1) is 19.8. The first-order chi connectivity index (χ1) is 13.3. The predicted octanol–water partition coefficient (Wildman–Crippen LogP) is 4.14. The molecule has 0 unspecified atom stereocenters. The zero-order valence-electron chi connectivity index (χ0n) is 15.4. The summed E-state index contributed by atoms with van der Waals surface area (Å²) in [4.78, 5) is 29.7. The Morgan fingerprint density at radius 1 is 1.25 bits per heavy atom. The molecule has 28 heavy (non-hydrogen) atoms. The Morgan fingerprint density at radius 2 is 2.00 bits per heavy atom. The molecule has 0 saturated carbocycles. The molecule has 0 spiro atoms. The number of aliphatic carboxylic acids is 1. The Hall–Kier alpha value is -2.93. The molecule has 6 nitrogen and oxygen atoms in total. The van der Waals surface area contributed by atoms with Crippen molar-refractivity contribution in [3.63, 3.8) is 0 Å². The molecule has 3 rings (SSSR count). The third-order valence-corrected chi connectivity index (χ3v) is 4.64. The van der Waals surface area contributed by atoms with Crippen molar-refractivity contribution in [1.29, 1.82) is 0 Å². The Morgan fingerprint density at radius 3 is 2.64 bits per heavy atom. The monoisotopic (exact) mass is 403 g/mol. The van der Waals surface area contributed by atoms with Gasteiger partial charge in [-0.2, -0.15) is 0 Å². The van der Waals surface area contributed by atoms with Crippen molar-refractivity contribution >= 4 is 34.5 Å². The molecule has 0 atom stereocenters. The van der Waals surface area contributed by atoms with Gasteiger partial charge in [0.2, 0.25) is 0 Å². The average Bonchev–Trinajstić information content (AvgIpc) is 3.06.